The van der Waals surface area contributed by atoms with E-state index in [4.69, 9.17) is 0 Å². The van der Waals surface area contributed by atoms with Crippen LogP contribution in [0.1, 0.15) is 10.4 Å². The first-order chi connectivity index (χ1) is 7.24. The van der Waals surface area contributed by atoms with Gasteiger partial charge in [-0.15, -0.1) is 34.0 Å². The zero-order valence-corrected chi connectivity index (χ0v) is 12.0. The molecular weight excluding hydrogens is 360 g/mol. The third-order valence-electron chi connectivity index (χ3n) is 1.47. The van der Waals surface area contributed by atoms with Crippen LogP contribution in [-0.4, -0.2) is 23.4 Å². The minimum absolute atomic E-state index is 0. The smallest absolute Gasteiger partial charge is 0.269 e. The number of amides is 2. The fraction of sp³-hybridized carbons (Fsp3) is 0.125. The predicted molar refractivity (Wildman–Crippen MR) is 70.6 cm³/mol. The minimum Gasteiger partial charge on any atom is -0.295 e. The number of nitrogens with zero attached hydrogens (tertiary/aromatic N) is 1. The van der Waals surface area contributed by atoms with Crippen molar-refractivity contribution in [2.45, 2.75) is 0 Å². The van der Waals surface area contributed by atoms with Gasteiger partial charge in [-0.05, 0) is 12.1 Å². The largest absolute Gasteiger partial charge is 0.295 e. The summed E-state index contributed by atoms with van der Waals surface area (Å²) in [5.74, 6) is 3.68. The molecule has 0 aliphatic heterocycles. The molecule has 0 spiro atoms. The van der Waals surface area contributed by atoms with E-state index >= 15 is 0 Å². The Labute approximate surface area is 119 Å². The van der Waals surface area contributed by atoms with Crippen LogP contribution in [0.3, 0.4) is 0 Å². The second-order valence-corrected chi connectivity index (χ2v) is 2.55. The second-order valence-electron chi connectivity index (χ2n) is 2.55. The fourth-order valence-corrected chi connectivity index (χ4v) is 0.814. The number of hydrazine groups is 1. The van der Waals surface area contributed by atoms with Gasteiger partial charge in [0.25, 0.3) is 11.8 Å². The Morgan fingerprint density at radius 2 is 1.82 bits per heavy atom. The third-order valence-corrected chi connectivity index (χ3v) is 1.47. The molecule has 0 aliphatic carbocycles. The highest BCUT2D eigenvalue weighted by Gasteiger charge is 2.05. The molecule has 0 unspecified atom stereocenters. The Balaban J connectivity index is 0. The Morgan fingerprint density at radius 3 is 2.35 bits per heavy atom. The zero-order chi connectivity index (χ0) is 11.1. The summed E-state index contributed by atoms with van der Waals surface area (Å²) < 4.78 is 0. The second kappa shape index (κ2) is 10.1. The molecule has 0 fully saturated rings. The molecule has 1 rings (SSSR count). The normalized spacial score (nSPS) is 8.29. The number of carbonyl (C=O) groups excluding carboxylic acids is 2. The van der Waals surface area contributed by atoms with Crippen molar-refractivity contribution in [3.05, 3.63) is 30.1 Å². The standard InChI is InChI=1S/C8H10N4O3.2BrH/c9-15-5-7(13)11-12-8(14)6-1-3-10-4-2-6;;/h1-4H,5,9H2,(H,11,13)(H,12,14);2*1H. The summed E-state index contributed by atoms with van der Waals surface area (Å²) >= 11 is 0. The Bertz CT molecular complexity index is 350. The lowest BCUT2D eigenvalue weighted by molar-refractivity contribution is -0.126. The van der Waals surface area contributed by atoms with E-state index in [2.05, 4.69) is 26.6 Å². The van der Waals surface area contributed by atoms with E-state index in [0.29, 0.717) is 5.56 Å². The van der Waals surface area contributed by atoms with E-state index in [1.807, 2.05) is 0 Å². The molecule has 0 bridgehead atoms. The molecule has 0 saturated carbocycles. The summed E-state index contributed by atoms with van der Waals surface area (Å²) in [5.41, 5.74) is 4.69. The van der Waals surface area contributed by atoms with Crippen molar-refractivity contribution in [3.63, 3.8) is 0 Å². The lowest BCUT2D eigenvalue weighted by Gasteiger charge is -2.05. The van der Waals surface area contributed by atoms with Crippen molar-refractivity contribution in [1.82, 2.24) is 15.8 Å². The van der Waals surface area contributed by atoms with Gasteiger partial charge >= 0.3 is 0 Å². The molecule has 4 N–H and O–H groups in total. The number of aromatic nitrogens is 1. The number of hydrogen-bond donors (Lipinski definition) is 3. The van der Waals surface area contributed by atoms with Gasteiger partial charge in [0.1, 0.15) is 6.61 Å². The van der Waals surface area contributed by atoms with E-state index in [9.17, 15) is 9.59 Å². The molecule has 7 nitrogen and oxygen atoms in total. The highest BCUT2D eigenvalue weighted by Crippen LogP contribution is 1.93. The van der Waals surface area contributed by atoms with Crippen molar-refractivity contribution in [2.75, 3.05) is 6.61 Å². The van der Waals surface area contributed by atoms with Crippen molar-refractivity contribution in [2.24, 2.45) is 5.90 Å². The van der Waals surface area contributed by atoms with Gasteiger partial charge in [-0.3, -0.25) is 30.3 Å². The van der Waals surface area contributed by atoms with Crippen LogP contribution in [0.5, 0.6) is 0 Å². The monoisotopic (exact) mass is 370 g/mol. The first-order valence-electron chi connectivity index (χ1n) is 4.05. The molecule has 96 valence electrons. The molecule has 1 aromatic heterocycles. The molecule has 0 aromatic carbocycles. The van der Waals surface area contributed by atoms with E-state index in [-0.39, 0.29) is 40.6 Å². The van der Waals surface area contributed by atoms with Gasteiger partial charge in [-0.1, -0.05) is 0 Å². The van der Waals surface area contributed by atoms with Gasteiger partial charge in [0.05, 0.1) is 0 Å². The van der Waals surface area contributed by atoms with Gasteiger partial charge < -0.3 is 0 Å². The summed E-state index contributed by atoms with van der Waals surface area (Å²) in [6, 6.07) is 3.03. The number of nitrogens with two attached hydrogens (primary N) is 1. The number of hydrogen-bond acceptors (Lipinski definition) is 5. The highest BCUT2D eigenvalue weighted by atomic mass is 79.9. The van der Waals surface area contributed by atoms with E-state index in [1.165, 1.54) is 24.5 Å². The maximum absolute atomic E-state index is 11.3. The fourth-order valence-electron chi connectivity index (χ4n) is 0.814. The zero-order valence-electron chi connectivity index (χ0n) is 8.58. The predicted octanol–water partition coefficient (Wildman–Crippen LogP) is -0.111. The first-order valence-corrected chi connectivity index (χ1v) is 4.05. The summed E-state index contributed by atoms with van der Waals surface area (Å²) in [7, 11) is 0. The van der Waals surface area contributed by atoms with Crippen LogP contribution in [0.25, 0.3) is 0 Å². The number of nitrogens with one attached hydrogen (secondary N) is 2. The van der Waals surface area contributed by atoms with Gasteiger partial charge in [-0.2, -0.15) is 0 Å². The number of pyridine rings is 1. The average molecular weight is 372 g/mol. The quantitative estimate of drug-likeness (QED) is 0.642. The van der Waals surface area contributed by atoms with Crippen molar-refractivity contribution in [1.29, 1.82) is 0 Å². The summed E-state index contributed by atoms with van der Waals surface area (Å²) in [5, 5.41) is 0. The molecule has 0 aliphatic rings. The van der Waals surface area contributed by atoms with Gasteiger partial charge in [-0.25, -0.2) is 5.90 Å². The average Bonchev–Trinajstić information content (AvgIpc) is 2.27. The number of halogens is 2. The maximum atomic E-state index is 11.3. The number of rotatable bonds is 3. The van der Waals surface area contributed by atoms with E-state index in [0.717, 1.165) is 0 Å². The lowest BCUT2D eigenvalue weighted by atomic mass is 10.3. The minimum atomic E-state index is -0.542. The van der Waals surface area contributed by atoms with Crippen LogP contribution in [0.2, 0.25) is 0 Å². The molecule has 0 radical (unpaired) electrons. The van der Waals surface area contributed by atoms with Crippen LogP contribution in [0, 0.1) is 0 Å². The number of carbonyl (C=O) groups is 2. The Kier molecular flexibility index (Phi) is 10.9. The van der Waals surface area contributed by atoms with Gasteiger partial charge in [0, 0.05) is 18.0 Å². The molecular formula is C8H12Br2N4O3. The van der Waals surface area contributed by atoms with Crippen molar-refractivity contribution < 1.29 is 14.4 Å². The maximum Gasteiger partial charge on any atom is 0.269 e. The van der Waals surface area contributed by atoms with Gasteiger partial charge in [0.2, 0.25) is 0 Å². The van der Waals surface area contributed by atoms with Crippen LogP contribution < -0.4 is 16.7 Å². The van der Waals surface area contributed by atoms with Crippen LogP contribution in [-0.2, 0) is 9.63 Å². The molecule has 2 amide bonds. The van der Waals surface area contributed by atoms with Crippen molar-refractivity contribution in [3.8, 4) is 0 Å². The van der Waals surface area contributed by atoms with E-state index in [1.54, 1.807) is 0 Å². The summed E-state index contributed by atoms with van der Waals surface area (Å²) in [6.07, 6.45) is 2.94. The molecule has 17 heavy (non-hydrogen) atoms. The molecule has 0 atom stereocenters. The topological polar surface area (TPSA) is 106 Å². The summed E-state index contributed by atoms with van der Waals surface area (Å²) in [6.45, 7) is -0.323. The van der Waals surface area contributed by atoms with Gasteiger partial charge in [0.15, 0.2) is 0 Å². The molecule has 1 heterocycles. The highest BCUT2D eigenvalue weighted by molar-refractivity contribution is 8.93. The summed E-state index contributed by atoms with van der Waals surface area (Å²) in [4.78, 5) is 30.0. The molecule has 1 aromatic rings. The first kappa shape index (κ1) is 18.3. The van der Waals surface area contributed by atoms with E-state index < -0.39 is 11.8 Å². The van der Waals surface area contributed by atoms with Crippen LogP contribution >= 0.6 is 34.0 Å². The van der Waals surface area contributed by atoms with Crippen LogP contribution in [0.15, 0.2) is 24.5 Å². The third kappa shape index (κ3) is 7.00. The Morgan fingerprint density at radius 1 is 1.24 bits per heavy atom. The molecule has 9 heteroatoms. The Hall–Kier alpha value is -1.03. The molecule has 0 saturated heterocycles. The SMILES string of the molecule is Br.Br.NOCC(=O)NNC(=O)c1ccncc1. The van der Waals surface area contributed by atoms with Crippen LogP contribution in [0.4, 0.5) is 0 Å². The lowest BCUT2D eigenvalue weighted by Crippen LogP contribution is -2.43. The van der Waals surface area contributed by atoms with Crippen molar-refractivity contribution >= 4 is 45.8 Å².